The summed E-state index contributed by atoms with van der Waals surface area (Å²) in [6.45, 7) is 4.18. The van der Waals surface area contributed by atoms with Crippen LogP contribution >= 0.6 is 11.8 Å². The fraction of sp³-hybridized carbons (Fsp3) is 0.345. The van der Waals surface area contributed by atoms with E-state index in [2.05, 4.69) is 0 Å². The molecule has 5 atom stereocenters. The highest BCUT2D eigenvalue weighted by Crippen LogP contribution is 2.36. The summed E-state index contributed by atoms with van der Waals surface area (Å²) in [5, 5.41) is 11.4. The summed E-state index contributed by atoms with van der Waals surface area (Å²) in [5.74, 6) is -0.498. The van der Waals surface area contributed by atoms with Gasteiger partial charge in [0.1, 0.15) is 23.7 Å². The number of ether oxygens (including phenoxy) is 4. The fourth-order valence-electron chi connectivity index (χ4n) is 4.02. The molecule has 0 radical (unpaired) electrons. The molecule has 36 heavy (non-hydrogen) atoms. The molecule has 0 bridgehead atoms. The molecule has 4 rings (SSSR count). The van der Waals surface area contributed by atoms with Crippen LogP contribution in [0.3, 0.4) is 0 Å². The smallest absolute Gasteiger partial charge is 0.303 e. The molecule has 1 aliphatic rings. The Morgan fingerprint density at radius 1 is 0.889 bits per heavy atom. The number of thioether (sulfide) groups is 1. The van der Waals surface area contributed by atoms with Crippen molar-refractivity contribution >= 4 is 17.7 Å². The van der Waals surface area contributed by atoms with Crippen molar-refractivity contribution in [3.05, 3.63) is 102 Å². The largest absolute Gasteiger partial charge is 0.457 e. The highest BCUT2D eigenvalue weighted by atomic mass is 32.2. The Balaban J connectivity index is 1.52. The van der Waals surface area contributed by atoms with Gasteiger partial charge in [0, 0.05) is 11.8 Å². The lowest BCUT2D eigenvalue weighted by atomic mass is 9.99. The number of hydrogen-bond donors (Lipinski definition) is 1. The van der Waals surface area contributed by atoms with Gasteiger partial charge in [-0.3, -0.25) is 4.79 Å². The van der Waals surface area contributed by atoms with Crippen LogP contribution < -0.4 is 0 Å². The number of hydrogen-bond acceptors (Lipinski definition) is 7. The second-order valence-electron chi connectivity index (χ2n) is 8.80. The van der Waals surface area contributed by atoms with Gasteiger partial charge in [0.25, 0.3) is 0 Å². The molecule has 190 valence electrons. The third-order valence-electron chi connectivity index (χ3n) is 5.87. The molecule has 3 aromatic carbocycles. The Morgan fingerprint density at radius 2 is 1.50 bits per heavy atom. The lowest BCUT2D eigenvalue weighted by molar-refractivity contribution is -0.235. The van der Waals surface area contributed by atoms with E-state index in [9.17, 15) is 9.90 Å². The molecule has 7 heteroatoms. The van der Waals surface area contributed by atoms with Crippen LogP contribution in [0.5, 0.6) is 0 Å². The summed E-state index contributed by atoms with van der Waals surface area (Å²) in [7, 11) is 0. The van der Waals surface area contributed by atoms with Crippen molar-refractivity contribution in [2.45, 2.75) is 61.8 Å². The van der Waals surface area contributed by atoms with E-state index in [1.807, 2.05) is 91.9 Å². The van der Waals surface area contributed by atoms with Gasteiger partial charge in [0.2, 0.25) is 0 Å². The maximum Gasteiger partial charge on any atom is 0.303 e. The number of aliphatic hydroxyl groups excluding tert-OH is 1. The molecule has 0 unspecified atom stereocenters. The number of carbonyl (C=O) groups is 1. The number of benzene rings is 3. The maximum absolute atomic E-state index is 11.9. The highest BCUT2D eigenvalue weighted by molar-refractivity contribution is 7.99. The topological polar surface area (TPSA) is 74.2 Å². The van der Waals surface area contributed by atoms with Crippen LogP contribution in [-0.2, 0) is 37.0 Å². The first-order valence-electron chi connectivity index (χ1n) is 12.0. The van der Waals surface area contributed by atoms with E-state index in [1.165, 1.54) is 18.7 Å². The van der Waals surface area contributed by atoms with E-state index in [4.69, 9.17) is 18.9 Å². The van der Waals surface area contributed by atoms with Crippen molar-refractivity contribution in [2.75, 3.05) is 6.61 Å². The van der Waals surface area contributed by atoms with E-state index >= 15 is 0 Å². The Kier molecular flexibility index (Phi) is 9.55. The second-order valence-corrected chi connectivity index (χ2v) is 9.97. The molecule has 3 aromatic rings. The van der Waals surface area contributed by atoms with Gasteiger partial charge < -0.3 is 24.1 Å². The van der Waals surface area contributed by atoms with E-state index in [0.29, 0.717) is 13.2 Å². The molecule has 1 saturated heterocycles. The van der Waals surface area contributed by atoms with Gasteiger partial charge in [0.05, 0.1) is 19.8 Å². The second kappa shape index (κ2) is 13.0. The molecule has 0 aliphatic carbocycles. The quantitative estimate of drug-likeness (QED) is 0.390. The molecule has 0 spiro atoms. The minimum atomic E-state index is -1.10. The molecular formula is C29H32O6S. The van der Waals surface area contributed by atoms with Gasteiger partial charge in [-0.2, -0.15) is 0 Å². The van der Waals surface area contributed by atoms with Crippen molar-refractivity contribution in [3.8, 4) is 0 Å². The third kappa shape index (κ3) is 7.41. The summed E-state index contributed by atoms with van der Waals surface area (Å²) in [5.41, 5.74) is 2.61. The van der Waals surface area contributed by atoms with Gasteiger partial charge in [-0.1, -0.05) is 90.1 Å². The van der Waals surface area contributed by atoms with Crippen LogP contribution in [0.1, 0.15) is 23.6 Å². The third-order valence-corrected chi connectivity index (χ3v) is 7.03. The highest BCUT2D eigenvalue weighted by Gasteiger charge is 2.48. The Morgan fingerprint density at radius 3 is 2.11 bits per heavy atom. The van der Waals surface area contributed by atoms with E-state index in [-0.39, 0.29) is 6.61 Å². The normalized spacial score (nSPS) is 23.8. The summed E-state index contributed by atoms with van der Waals surface area (Å²) in [6, 6.07) is 27.6. The Bertz CT molecular complexity index is 1070. The monoisotopic (exact) mass is 508 g/mol. The molecule has 1 heterocycles. The van der Waals surface area contributed by atoms with Gasteiger partial charge in [-0.15, -0.1) is 0 Å². The predicted molar refractivity (Wildman–Crippen MR) is 138 cm³/mol. The number of carbonyl (C=O) groups excluding carboxylic acids is 1. The first kappa shape index (κ1) is 26.4. The molecule has 6 nitrogen and oxygen atoms in total. The predicted octanol–water partition coefficient (Wildman–Crippen LogP) is 4.91. The van der Waals surface area contributed by atoms with E-state index in [1.54, 1.807) is 0 Å². The number of aliphatic hydroxyl groups is 1. The van der Waals surface area contributed by atoms with Crippen LogP contribution in [0, 0.1) is 6.92 Å². The summed E-state index contributed by atoms with van der Waals surface area (Å²) < 4.78 is 24.1. The van der Waals surface area contributed by atoms with E-state index in [0.717, 1.165) is 21.6 Å². The molecule has 0 amide bonds. The number of esters is 1. The zero-order valence-corrected chi connectivity index (χ0v) is 21.3. The standard InChI is InChI=1S/C29H32O6S/c1-20-13-15-24(16-14-20)36-29-28(33-18-23-11-7-4-8-12-23)26(31)27(34-21(2)30)25(35-29)19-32-17-22-9-5-3-6-10-22/h3-16,25-29,31H,17-19H2,1-2H3/t25-,26+,27+,28-,29+/m1/s1. The molecular weight excluding hydrogens is 476 g/mol. The fourth-order valence-corrected chi connectivity index (χ4v) is 5.16. The maximum atomic E-state index is 11.9. The minimum absolute atomic E-state index is 0.153. The van der Waals surface area contributed by atoms with Crippen molar-refractivity contribution in [3.63, 3.8) is 0 Å². The van der Waals surface area contributed by atoms with Crippen molar-refractivity contribution < 1.29 is 28.8 Å². The van der Waals surface area contributed by atoms with Crippen molar-refractivity contribution in [1.82, 2.24) is 0 Å². The van der Waals surface area contributed by atoms with Crippen LogP contribution in [-0.4, -0.2) is 47.5 Å². The van der Waals surface area contributed by atoms with Gasteiger partial charge in [-0.05, 0) is 30.2 Å². The SMILES string of the molecule is CC(=O)O[C@@H]1[C@H](O)[C@@H](OCc2ccccc2)[C@H](Sc2ccc(C)cc2)O[C@@H]1COCc1ccccc1. The summed E-state index contributed by atoms with van der Waals surface area (Å²) in [6.07, 6.45) is -3.41. The van der Waals surface area contributed by atoms with Gasteiger partial charge in [-0.25, -0.2) is 0 Å². The number of rotatable bonds is 10. The molecule has 0 saturated carbocycles. The van der Waals surface area contributed by atoms with Gasteiger partial charge in [0.15, 0.2) is 6.10 Å². The molecule has 1 aliphatic heterocycles. The first-order valence-corrected chi connectivity index (χ1v) is 12.9. The van der Waals surface area contributed by atoms with Crippen LogP contribution in [0.4, 0.5) is 0 Å². The zero-order chi connectivity index (χ0) is 25.3. The van der Waals surface area contributed by atoms with Gasteiger partial charge >= 0.3 is 5.97 Å². The van der Waals surface area contributed by atoms with Crippen LogP contribution in [0.15, 0.2) is 89.8 Å². The van der Waals surface area contributed by atoms with E-state index < -0.39 is 35.8 Å². The molecule has 1 fully saturated rings. The lowest BCUT2D eigenvalue weighted by Gasteiger charge is -2.43. The molecule has 0 aromatic heterocycles. The Hall–Kier alpha value is -2.68. The average molecular weight is 509 g/mol. The average Bonchev–Trinajstić information content (AvgIpc) is 2.88. The molecule has 1 N–H and O–H groups in total. The van der Waals surface area contributed by atoms with Crippen molar-refractivity contribution in [2.24, 2.45) is 0 Å². The lowest BCUT2D eigenvalue weighted by Crippen LogP contribution is -2.59. The first-order chi connectivity index (χ1) is 17.5. The van der Waals surface area contributed by atoms with Crippen LogP contribution in [0.2, 0.25) is 0 Å². The Labute approximate surface area is 216 Å². The zero-order valence-electron chi connectivity index (χ0n) is 20.5. The summed E-state index contributed by atoms with van der Waals surface area (Å²) in [4.78, 5) is 12.9. The summed E-state index contributed by atoms with van der Waals surface area (Å²) >= 11 is 1.47. The minimum Gasteiger partial charge on any atom is -0.457 e. The van der Waals surface area contributed by atoms with Crippen molar-refractivity contribution in [1.29, 1.82) is 0 Å². The number of aryl methyl sites for hydroxylation is 1. The van der Waals surface area contributed by atoms with Crippen LogP contribution in [0.25, 0.3) is 0 Å².